The second-order valence-corrected chi connectivity index (χ2v) is 10.2. The van der Waals surface area contributed by atoms with Crippen molar-refractivity contribution in [3.05, 3.63) is 94.1 Å². The number of aryl methyl sites for hydroxylation is 1. The molecule has 1 aliphatic carbocycles. The number of amides is 1. The van der Waals surface area contributed by atoms with Gasteiger partial charge in [-0.05, 0) is 67.7 Å². The Hall–Kier alpha value is -3.62. The third-order valence-electron chi connectivity index (χ3n) is 7.07. The molecule has 3 aromatic rings. The van der Waals surface area contributed by atoms with Crippen LogP contribution in [0.1, 0.15) is 65.0 Å². The molecule has 1 aromatic heterocycles. The number of aromatic nitrogens is 2. The van der Waals surface area contributed by atoms with Gasteiger partial charge in [0.05, 0.1) is 35.6 Å². The summed E-state index contributed by atoms with van der Waals surface area (Å²) in [4.78, 5) is 36.0. The number of aliphatic carboxylic acids is 1. The Kier molecular flexibility index (Phi) is 8.33. The molecule has 2 aliphatic rings. The van der Waals surface area contributed by atoms with Gasteiger partial charge in [-0.3, -0.25) is 9.59 Å². The number of nitrogens with zero attached hydrogens (tertiary/aromatic N) is 3. The molecular formula is C30H29ClFN3O4. The van der Waals surface area contributed by atoms with Gasteiger partial charge in [0, 0.05) is 29.5 Å². The highest BCUT2D eigenvalue weighted by molar-refractivity contribution is 6.31. The van der Waals surface area contributed by atoms with Crippen molar-refractivity contribution >= 4 is 34.5 Å². The minimum atomic E-state index is -0.817. The van der Waals surface area contributed by atoms with Crippen LogP contribution >= 0.6 is 11.6 Å². The number of carbonyl (C=O) groups is 2. The Morgan fingerprint density at radius 3 is 2.67 bits per heavy atom. The molecule has 202 valence electrons. The van der Waals surface area contributed by atoms with Crippen LogP contribution in [0.2, 0.25) is 0 Å². The van der Waals surface area contributed by atoms with E-state index in [0.717, 1.165) is 17.0 Å². The van der Waals surface area contributed by atoms with Crippen molar-refractivity contribution in [3.63, 3.8) is 0 Å². The molecule has 39 heavy (non-hydrogen) atoms. The summed E-state index contributed by atoms with van der Waals surface area (Å²) in [5, 5.41) is 9.69. The quantitative estimate of drug-likeness (QED) is 0.349. The van der Waals surface area contributed by atoms with Crippen LogP contribution in [0.25, 0.3) is 11.0 Å². The van der Waals surface area contributed by atoms with Crippen LogP contribution in [0.15, 0.2) is 65.7 Å². The molecular weight excluding hydrogens is 521 g/mol. The number of halogens is 2. The number of hydrogen-bond donors (Lipinski definition) is 1. The highest BCUT2D eigenvalue weighted by atomic mass is 35.5. The molecule has 7 nitrogen and oxygen atoms in total. The third kappa shape index (κ3) is 6.52. The maximum atomic E-state index is 13.5. The highest BCUT2D eigenvalue weighted by Gasteiger charge is 2.27. The molecule has 2 atom stereocenters. The van der Waals surface area contributed by atoms with Crippen molar-refractivity contribution in [2.45, 2.75) is 44.1 Å². The summed E-state index contributed by atoms with van der Waals surface area (Å²) in [7, 11) is 0. The fraction of sp³-hybridized carbons (Fsp3) is 0.333. The zero-order valence-corrected chi connectivity index (χ0v) is 22.1. The van der Waals surface area contributed by atoms with Crippen LogP contribution in [-0.2, 0) is 16.0 Å². The average Bonchev–Trinajstić information content (AvgIpc) is 2.95. The Morgan fingerprint density at radius 1 is 1.10 bits per heavy atom. The number of carbonyl (C=O) groups excluding carboxylic acids is 1. The molecule has 1 fully saturated rings. The Balaban J connectivity index is 1.39. The number of ether oxygens (including phenoxy) is 1. The van der Waals surface area contributed by atoms with Crippen molar-refractivity contribution < 1.29 is 23.8 Å². The molecule has 1 N–H and O–H groups in total. The molecule has 0 radical (unpaired) electrons. The van der Waals surface area contributed by atoms with E-state index in [1.54, 1.807) is 29.2 Å². The minimum Gasteiger partial charge on any atom is -0.481 e. The summed E-state index contributed by atoms with van der Waals surface area (Å²) in [6, 6.07) is 11.5. The van der Waals surface area contributed by atoms with E-state index in [4.69, 9.17) is 31.4 Å². The molecule has 1 aliphatic heterocycles. The number of carboxylic acid groups (broad SMARTS) is 1. The van der Waals surface area contributed by atoms with Crippen LogP contribution in [0, 0.1) is 5.82 Å². The van der Waals surface area contributed by atoms with E-state index >= 15 is 0 Å². The first-order chi connectivity index (χ1) is 18.9. The standard InChI is InChI=1S/C30H29ClFN3O4/c31-22-10-5-20(6-11-22)29-25(3-1-2-4-28(36)37)33-26-17-21(9-14-24(26)34-29)30(38)35-15-16-39-27(18-35)19-7-12-23(32)13-8-19/h5,7-14,17,20,27H,1-4,6,15-16,18H2,(H,36,37)/t20-,27+/m1/s1. The molecule has 0 spiro atoms. The van der Waals surface area contributed by atoms with E-state index in [2.05, 4.69) is 0 Å². The number of rotatable bonds is 8. The lowest BCUT2D eigenvalue weighted by molar-refractivity contribution is -0.137. The number of unbranched alkanes of at least 4 members (excludes halogenated alkanes) is 1. The summed E-state index contributed by atoms with van der Waals surface area (Å²) in [6.45, 7) is 1.21. The zero-order chi connectivity index (χ0) is 27.4. The van der Waals surface area contributed by atoms with Crippen molar-refractivity contribution in [1.29, 1.82) is 0 Å². The van der Waals surface area contributed by atoms with E-state index in [9.17, 15) is 14.0 Å². The summed E-state index contributed by atoms with van der Waals surface area (Å²) in [5.41, 5.74) is 4.30. The van der Waals surface area contributed by atoms with Crippen LogP contribution < -0.4 is 0 Å². The van der Waals surface area contributed by atoms with Crippen LogP contribution in [0.5, 0.6) is 0 Å². The Morgan fingerprint density at radius 2 is 1.92 bits per heavy atom. The summed E-state index contributed by atoms with van der Waals surface area (Å²) < 4.78 is 19.2. The first-order valence-electron chi connectivity index (χ1n) is 13.1. The minimum absolute atomic E-state index is 0.0249. The molecule has 5 rings (SSSR count). The van der Waals surface area contributed by atoms with Gasteiger partial charge < -0.3 is 14.7 Å². The lowest BCUT2D eigenvalue weighted by atomic mass is 9.93. The predicted octanol–water partition coefficient (Wildman–Crippen LogP) is 5.95. The first kappa shape index (κ1) is 27.0. The second-order valence-electron chi connectivity index (χ2n) is 9.81. The van der Waals surface area contributed by atoms with Gasteiger partial charge in [0.2, 0.25) is 0 Å². The number of morpholine rings is 1. The first-order valence-corrected chi connectivity index (χ1v) is 13.5. The van der Waals surface area contributed by atoms with E-state index < -0.39 is 5.97 Å². The van der Waals surface area contributed by atoms with Crippen LogP contribution in [0.3, 0.4) is 0 Å². The molecule has 0 unspecified atom stereocenters. The molecule has 1 amide bonds. The SMILES string of the molecule is O=C(O)CCCCc1nc2cc(C(=O)N3CCO[C@H](c4ccc(F)cc4)C3)ccc2nc1[C@@H]1C=CC(Cl)=CC1. The van der Waals surface area contributed by atoms with Gasteiger partial charge in [0.25, 0.3) is 5.91 Å². The molecule has 0 bridgehead atoms. The number of hydrogen-bond acceptors (Lipinski definition) is 5. The highest BCUT2D eigenvalue weighted by Crippen LogP contribution is 2.31. The summed E-state index contributed by atoms with van der Waals surface area (Å²) >= 11 is 6.12. The van der Waals surface area contributed by atoms with Gasteiger partial charge >= 0.3 is 5.97 Å². The summed E-state index contributed by atoms with van der Waals surface area (Å²) in [6.07, 6.45) is 8.13. The smallest absolute Gasteiger partial charge is 0.303 e. The number of allylic oxidation sites excluding steroid dienone is 4. The van der Waals surface area contributed by atoms with Crippen molar-refractivity contribution in [3.8, 4) is 0 Å². The van der Waals surface area contributed by atoms with Crippen molar-refractivity contribution in [2.24, 2.45) is 0 Å². The van der Waals surface area contributed by atoms with Gasteiger partial charge in [-0.1, -0.05) is 35.9 Å². The van der Waals surface area contributed by atoms with E-state index in [-0.39, 0.29) is 30.2 Å². The van der Waals surface area contributed by atoms with Gasteiger partial charge in [-0.25, -0.2) is 14.4 Å². The number of benzene rings is 2. The van der Waals surface area contributed by atoms with Gasteiger partial charge in [0.1, 0.15) is 11.9 Å². The lowest BCUT2D eigenvalue weighted by Crippen LogP contribution is -2.42. The molecule has 0 saturated carbocycles. The number of carboxylic acids is 1. The van der Waals surface area contributed by atoms with Gasteiger partial charge in [-0.2, -0.15) is 0 Å². The van der Waals surface area contributed by atoms with Crippen molar-refractivity contribution in [2.75, 3.05) is 19.7 Å². The van der Waals surface area contributed by atoms with E-state index in [1.807, 2.05) is 24.3 Å². The molecule has 2 heterocycles. The zero-order valence-electron chi connectivity index (χ0n) is 21.4. The fourth-order valence-electron chi connectivity index (χ4n) is 4.98. The van der Waals surface area contributed by atoms with Gasteiger partial charge in [0.15, 0.2) is 0 Å². The van der Waals surface area contributed by atoms with Gasteiger partial charge in [-0.15, -0.1) is 0 Å². The van der Waals surface area contributed by atoms with Crippen LogP contribution in [-0.4, -0.2) is 51.5 Å². The van der Waals surface area contributed by atoms with E-state index in [0.29, 0.717) is 67.0 Å². The van der Waals surface area contributed by atoms with Crippen molar-refractivity contribution in [1.82, 2.24) is 14.9 Å². The molecule has 1 saturated heterocycles. The predicted molar refractivity (Wildman–Crippen MR) is 146 cm³/mol. The fourth-order valence-corrected chi connectivity index (χ4v) is 5.14. The van der Waals surface area contributed by atoms with Crippen LogP contribution in [0.4, 0.5) is 4.39 Å². The summed E-state index contributed by atoms with van der Waals surface area (Å²) in [5.74, 6) is -1.24. The second kappa shape index (κ2) is 12.1. The monoisotopic (exact) mass is 549 g/mol. The maximum absolute atomic E-state index is 13.5. The Labute approximate surface area is 231 Å². The largest absolute Gasteiger partial charge is 0.481 e. The molecule has 2 aromatic carbocycles. The van der Waals surface area contributed by atoms with E-state index in [1.165, 1.54) is 12.1 Å². The maximum Gasteiger partial charge on any atom is 0.303 e. The lowest BCUT2D eigenvalue weighted by Gasteiger charge is -2.33. The Bertz CT molecular complexity index is 1440. The topological polar surface area (TPSA) is 92.6 Å². The third-order valence-corrected chi connectivity index (χ3v) is 7.35. The number of fused-ring (bicyclic) bond motifs is 1. The average molecular weight is 550 g/mol. The normalized spacial score (nSPS) is 19.2. The molecule has 9 heteroatoms.